The summed E-state index contributed by atoms with van der Waals surface area (Å²) in [7, 11) is 3.09. The first-order valence-electron chi connectivity index (χ1n) is 9.61. The van der Waals surface area contributed by atoms with Gasteiger partial charge in [-0.05, 0) is 60.7 Å². The Bertz CT molecular complexity index is 1300. The van der Waals surface area contributed by atoms with Gasteiger partial charge in [0.05, 0.1) is 19.9 Å². The monoisotopic (exact) mass is 469 g/mol. The van der Waals surface area contributed by atoms with Gasteiger partial charge in [-0.3, -0.25) is 9.47 Å². The van der Waals surface area contributed by atoms with Crippen LogP contribution in [0.15, 0.2) is 67.0 Å². The summed E-state index contributed by atoms with van der Waals surface area (Å²) in [6.45, 7) is -0.0892. The van der Waals surface area contributed by atoms with Gasteiger partial charge < -0.3 is 14.8 Å². The van der Waals surface area contributed by atoms with Gasteiger partial charge in [-0.25, -0.2) is 9.36 Å². The van der Waals surface area contributed by atoms with E-state index in [-0.39, 0.29) is 12.5 Å². The van der Waals surface area contributed by atoms with Crippen LogP contribution in [0.2, 0.25) is 5.02 Å². The van der Waals surface area contributed by atoms with Gasteiger partial charge in [-0.15, -0.1) is 5.10 Å². The second kappa shape index (κ2) is 9.29. The summed E-state index contributed by atoms with van der Waals surface area (Å²) in [4.78, 5) is 12.8. The van der Waals surface area contributed by atoms with Crippen molar-refractivity contribution in [3.63, 3.8) is 0 Å². The Morgan fingerprint density at radius 2 is 1.81 bits per heavy atom. The quantitative estimate of drug-likeness (QED) is 0.403. The number of rotatable bonds is 7. The summed E-state index contributed by atoms with van der Waals surface area (Å²) < 4.78 is 15.9. The molecule has 0 fully saturated rings. The molecule has 0 bridgehead atoms. The maximum atomic E-state index is 12.8. The van der Waals surface area contributed by atoms with Crippen molar-refractivity contribution in [2.45, 2.75) is 6.54 Å². The molecular weight excluding hydrogens is 450 g/mol. The van der Waals surface area contributed by atoms with E-state index < -0.39 is 0 Å². The molecule has 32 heavy (non-hydrogen) atoms. The molecule has 0 aliphatic heterocycles. The number of amides is 1. The highest BCUT2D eigenvalue weighted by molar-refractivity contribution is 7.71. The molecule has 1 amide bonds. The molecule has 2 aromatic carbocycles. The van der Waals surface area contributed by atoms with Crippen LogP contribution in [-0.4, -0.2) is 39.3 Å². The topological polar surface area (TPSA) is 75.2 Å². The number of methoxy groups -OCH3 is 2. The van der Waals surface area contributed by atoms with Crippen LogP contribution >= 0.6 is 23.8 Å². The molecule has 0 radical (unpaired) electrons. The number of ether oxygens (including phenoxy) is 2. The van der Waals surface area contributed by atoms with E-state index in [1.54, 1.807) is 46.8 Å². The molecule has 4 rings (SSSR count). The highest BCUT2D eigenvalue weighted by Gasteiger charge is 2.17. The molecule has 164 valence electrons. The van der Waals surface area contributed by atoms with E-state index in [9.17, 15) is 4.79 Å². The number of hydrogen-bond donors (Lipinski definition) is 1. The van der Waals surface area contributed by atoms with Crippen LogP contribution < -0.4 is 14.8 Å². The molecule has 8 nitrogen and oxygen atoms in total. The molecule has 0 unspecified atom stereocenters. The van der Waals surface area contributed by atoms with Crippen LogP contribution in [-0.2, 0) is 11.3 Å². The van der Waals surface area contributed by atoms with Crippen LogP contribution in [0.5, 0.6) is 11.5 Å². The first-order chi connectivity index (χ1) is 15.5. The number of carbonyl (C=O) groups excluding carboxylic acids is 1. The van der Waals surface area contributed by atoms with Crippen LogP contribution in [0.25, 0.3) is 11.4 Å². The number of aromatic nitrogens is 4. The third kappa shape index (κ3) is 4.39. The molecule has 2 heterocycles. The Balaban J connectivity index is 1.68. The maximum absolute atomic E-state index is 12.8. The molecular formula is C22H20ClN5O3S. The van der Waals surface area contributed by atoms with Gasteiger partial charge in [0.1, 0.15) is 18.0 Å². The van der Waals surface area contributed by atoms with E-state index in [1.807, 2.05) is 36.7 Å². The van der Waals surface area contributed by atoms with Crippen LogP contribution in [0, 0.1) is 4.77 Å². The van der Waals surface area contributed by atoms with Gasteiger partial charge in [0, 0.05) is 29.0 Å². The van der Waals surface area contributed by atoms with Gasteiger partial charge in [0.2, 0.25) is 10.7 Å². The van der Waals surface area contributed by atoms with E-state index in [2.05, 4.69) is 10.4 Å². The van der Waals surface area contributed by atoms with Gasteiger partial charge in [0.15, 0.2) is 5.82 Å². The van der Waals surface area contributed by atoms with Crippen LogP contribution in [0.3, 0.4) is 0 Å². The van der Waals surface area contributed by atoms with Gasteiger partial charge in [-0.1, -0.05) is 11.6 Å². The van der Waals surface area contributed by atoms with E-state index in [1.165, 1.54) is 11.8 Å². The molecule has 0 saturated carbocycles. The molecule has 4 aromatic rings. The first-order valence-corrected chi connectivity index (χ1v) is 10.4. The zero-order valence-corrected chi connectivity index (χ0v) is 18.9. The lowest BCUT2D eigenvalue weighted by atomic mass is 10.2. The van der Waals surface area contributed by atoms with Crippen molar-refractivity contribution in [2.75, 3.05) is 19.5 Å². The lowest BCUT2D eigenvalue weighted by Crippen LogP contribution is -2.20. The van der Waals surface area contributed by atoms with Crippen molar-refractivity contribution in [3.05, 3.63) is 76.8 Å². The number of halogens is 1. The van der Waals surface area contributed by atoms with E-state index >= 15 is 0 Å². The summed E-state index contributed by atoms with van der Waals surface area (Å²) in [5.74, 6) is 1.38. The zero-order valence-electron chi connectivity index (χ0n) is 17.4. The Kier molecular flexibility index (Phi) is 6.29. The van der Waals surface area contributed by atoms with Gasteiger partial charge in [-0.2, -0.15) is 0 Å². The minimum atomic E-state index is -0.313. The van der Waals surface area contributed by atoms with Crippen molar-refractivity contribution in [1.82, 2.24) is 19.1 Å². The van der Waals surface area contributed by atoms with E-state index in [4.69, 9.17) is 33.3 Å². The molecule has 0 aliphatic carbocycles. The fourth-order valence-electron chi connectivity index (χ4n) is 3.19. The second-order valence-corrected chi connectivity index (χ2v) is 7.56. The number of hydrogen-bond acceptors (Lipinski definition) is 5. The third-order valence-corrected chi connectivity index (χ3v) is 5.35. The first kappa shape index (κ1) is 21.7. The molecule has 0 aliphatic rings. The summed E-state index contributed by atoms with van der Waals surface area (Å²) in [6, 6.07) is 16.2. The van der Waals surface area contributed by atoms with Crippen molar-refractivity contribution in [2.24, 2.45) is 0 Å². The Labute approximate surface area is 194 Å². The van der Waals surface area contributed by atoms with E-state index in [0.717, 1.165) is 5.56 Å². The molecule has 0 atom stereocenters. The maximum Gasteiger partial charge on any atom is 0.246 e. The van der Waals surface area contributed by atoms with Crippen LogP contribution in [0.4, 0.5) is 5.69 Å². The summed E-state index contributed by atoms with van der Waals surface area (Å²) in [6.07, 6.45) is 3.70. The number of benzene rings is 2. The lowest BCUT2D eigenvalue weighted by Gasteiger charge is -2.11. The van der Waals surface area contributed by atoms with E-state index in [0.29, 0.717) is 32.8 Å². The number of carbonyl (C=O) groups is 1. The highest BCUT2D eigenvalue weighted by atomic mass is 35.5. The van der Waals surface area contributed by atoms with Crippen LogP contribution in [0.1, 0.15) is 0 Å². The Hall–Kier alpha value is -3.56. The normalized spacial score (nSPS) is 10.7. The molecule has 0 spiro atoms. The Morgan fingerprint density at radius 1 is 1.09 bits per heavy atom. The SMILES string of the molecule is COc1ccc(OC)c(NC(=O)Cn2nc(-c3ccc(Cl)cc3)n(-n3cccc3)c2=S)c1. The Morgan fingerprint density at radius 3 is 2.47 bits per heavy atom. The summed E-state index contributed by atoms with van der Waals surface area (Å²) >= 11 is 11.7. The average Bonchev–Trinajstić information content (AvgIpc) is 3.42. The highest BCUT2D eigenvalue weighted by Crippen LogP contribution is 2.29. The minimum absolute atomic E-state index is 0.0892. The fraction of sp³-hybridized carbons (Fsp3) is 0.136. The van der Waals surface area contributed by atoms with Crippen molar-refractivity contribution in [1.29, 1.82) is 0 Å². The molecule has 1 N–H and O–H groups in total. The fourth-order valence-corrected chi connectivity index (χ4v) is 3.60. The van der Waals surface area contributed by atoms with Crippen molar-refractivity contribution >= 4 is 35.4 Å². The average molecular weight is 470 g/mol. The van der Waals surface area contributed by atoms with Gasteiger partial charge in [0.25, 0.3) is 0 Å². The standard InChI is InChI=1S/C22H20ClN5O3S/c1-30-17-9-10-19(31-2)18(13-17)24-20(29)14-27-22(32)28(26-11-3-4-12-26)21(25-27)15-5-7-16(23)8-6-15/h3-13H,14H2,1-2H3,(H,24,29). The van der Waals surface area contributed by atoms with Crippen molar-refractivity contribution in [3.8, 4) is 22.9 Å². The van der Waals surface area contributed by atoms with Gasteiger partial charge >= 0.3 is 0 Å². The summed E-state index contributed by atoms with van der Waals surface area (Å²) in [5.41, 5.74) is 1.30. The second-order valence-electron chi connectivity index (χ2n) is 6.76. The lowest BCUT2D eigenvalue weighted by molar-refractivity contribution is -0.116. The molecule has 0 saturated heterocycles. The third-order valence-electron chi connectivity index (χ3n) is 4.71. The zero-order chi connectivity index (χ0) is 22.7. The van der Waals surface area contributed by atoms with Crippen molar-refractivity contribution < 1.29 is 14.3 Å². The molecule has 10 heteroatoms. The predicted octanol–water partition coefficient (Wildman–Crippen LogP) is 4.50. The number of anilines is 1. The number of nitrogens with one attached hydrogen (secondary N) is 1. The smallest absolute Gasteiger partial charge is 0.246 e. The molecule has 2 aromatic heterocycles. The minimum Gasteiger partial charge on any atom is -0.497 e. The largest absolute Gasteiger partial charge is 0.497 e. The number of nitrogens with zero attached hydrogens (tertiary/aromatic N) is 4. The predicted molar refractivity (Wildman–Crippen MR) is 125 cm³/mol. The summed E-state index contributed by atoms with van der Waals surface area (Å²) in [5, 5.41) is 8.07.